The molecule has 1 heterocycles. The fourth-order valence-electron chi connectivity index (χ4n) is 2.37. The van der Waals surface area contributed by atoms with E-state index in [2.05, 4.69) is 41.6 Å². The summed E-state index contributed by atoms with van der Waals surface area (Å²) in [7, 11) is 1.74. The zero-order chi connectivity index (χ0) is 16.9. The van der Waals surface area contributed by atoms with Gasteiger partial charge in [-0.15, -0.1) is 24.0 Å². The second kappa shape index (κ2) is 14.5. The molecule has 1 aromatic rings. The van der Waals surface area contributed by atoms with Crippen molar-refractivity contribution in [3.05, 3.63) is 17.0 Å². The van der Waals surface area contributed by atoms with Gasteiger partial charge in [0.25, 0.3) is 0 Å². The molecule has 2 N–H and O–H groups in total. The van der Waals surface area contributed by atoms with Gasteiger partial charge >= 0.3 is 0 Å². The zero-order valence-electron chi connectivity index (χ0n) is 15.5. The fraction of sp³-hybridized carbons (Fsp3) is 0.765. The zero-order valence-corrected chi connectivity index (χ0v) is 17.8. The number of halogens is 1. The smallest absolute Gasteiger partial charge is 0.191 e. The summed E-state index contributed by atoms with van der Waals surface area (Å²) in [5.74, 6) is 1.80. The number of aryl methyl sites for hydroxylation is 2. The first kappa shape index (κ1) is 23.2. The fourth-order valence-corrected chi connectivity index (χ4v) is 2.37. The van der Waals surface area contributed by atoms with Crippen LogP contribution in [0, 0.1) is 0 Å². The molecular formula is C17H33IN4O2. The Labute approximate surface area is 163 Å². The van der Waals surface area contributed by atoms with E-state index in [4.69, 9.17) is 9.26 Å². The lowest BCUT2D eigenvalue weighted by Crippen LogP contribution is -2.37. The minimum atomic E-state index is 0. The number of hydrogen-bond donors (Lipinski definition) is 2. The van der Waals surface area contributed by atoms with Crippen molar-refractivity contribution in [2.75, 3.05) is 26.8 Å². The Hall–Kier alpha value is -0.830. The van der Waals surface area contributed by atoms with Crippen LogP contribution >= 0.6 is 24.0 Å². The molecule has 0 aliphatic rings. The number of aliphatic imine (C=N–C) groups is 1. The summed E-state index contributed by atoms with van der Waals surface area (Å²) in [5, 5.41) is 10.8. The summed E-state index contributed by atoms with van der Waals surface area (Å²) >= 11 is 0. The number of nitrogens with zero attached hydrogens (tertiary/aromatic N) is 2. The number of unbranched alkanes of at least 4 members (excludes halogenated alkanes) is 2. The maximum Gasteiger partial charge on any atom is 0.191 e. The first-order valence-corrected chi connectivity index (χ1v) is 8.74. The van der Waals surface area contributed by atoms with Crippen LogP contribution in [0.2, 0.25) is 0 Å². The van der Waals surface area contributed by atoms with Crippen molar-refractivity contribution in [3.63, 3.8) is 0 Å². The minimum absolute atomic E-state index is 0. The van der Waals surface area contributed by atoms with Crippen molar-refractivity contribution in [2.24, 2.45) is 4.99 Å². The van der Waals surface area contributed by atoms with Gasteiger partial charge < -0.3 is 19.9 Å². The lowest BCUT2D eigenvalue weighted by Gasteiger charge is -2.11. The third-order valence-electron chi connectivity index (χ3n) is 3.66. The molecule has 0 saturated heterocycles. The van der Waals surface area contributed by atoms with Gasteiger partial charge in [-0.05, 0) is 32.6 Å². The standard InChI is InChI=1S/C17H32N4O2.HI/c1-5-15-14(16(6-2)23-21-15)13-20-17(18-7-3)19-11-9-8-10-12-22-4;/h5-13H2,1-4H3,(H2,18,19,20);1H. The van der Waals surface area contributed by atoms with E-state index in [0.717, 1.165) is 74.8 Å². The lowest BCUT2D eigenvalue weighted by molar-refractivity contribution is 0.192. The first-order chi connectivity index (χ1) is 11.3. The predicted octanol–water partition coefficient (Wildman–Crippen LogP) is 3.29. The van der Waals surface area contributed by atoms with Gasteiger partial charge in [-0.3, -0.25) is 0 Å². The van der Waals surface area contributed by atoms with E-state index in [-0.39, 0.29) is 24.0 Å². The highest BCUT2D eigenvalue weighted by atomic mass is 127. The molecule has 0 spiro atoms. The molecule has 140 valence electrons. The average Bonchev–Trinajstić information content (AvgIpc) is 2.97. The van der Waals surface area contributed by atoms with Crippen molar-refractivity contribution in [2.45, 2.75) is 59.4 Å². The Bertz CT molecular complexity index is 442. The second-order valence-electron chi connectivity index (χ2n) is 5.41. The maximum atomic E-state index is 5.39. The summed E-state index contributed by atoms with van der Waals surface area (Å²) in [6.07, 6.45) is 5.10. The molecule has 0 aromatic carbocycles. The van der Waals surface area contributed by atoms with Crippen LogP contribution in [0.15, 0.2) is 9.52 Å². The monoisotopic (exact) mass is 452 g/mol. The van der Waals surface area contributed by atoms with E-state index in [1.54, 1.807) is 7.11 Å². The molecule has 0 saturated carbocycles. The molecule has 0 radical (unpaired) electrons. The summed E-state index contributed by atoms with van der Waals surface area (Å²) < 4.78 is 10.5. The van der Waals surface area contributed by atoms with Crippen LogP contribution in [0.25, 0.3) is 0 Å². The normalized spacial score (nSPS) is 11.2. The highest BCUT2D eigenvalue weighted by Gasteiger charge is 2.12. The summed E-state index contributed by atoms with van der Waals surface area (Å²) in [6.45, 7) is 9.45. The van der Waals surface area contributed by atoms with Gasteiger partial charge in [0.1, 0.15) is 5.76 Å². The maximum absolute atomic E-state index is 5.39. The van der Waals surface area contributed by atoms with Gasteiger partial charge in [0.15, 0.2) is 5.96 Å². The molecule has 24 heavy (non-hydrogen) atoms. The largest absolute Gasteiger partial charge is 0.385 e. The summed E-state index contributed by atoms with van der Waals surface area (Å²) in [5.41, 5.74) is 2.15. The number of methoxy groups -OCH3 is 1. The number of ether oxygens (including phenoxy) is 1. The Morgan fingerprint density at radius 2 is 1.92 bits per heavy atom. The molecule has 0 aliphatic heterocycles. The van der Waals surface area contributed by atoms with E-state index in [9.17, 15) is 0 Å². The van der Waals surface area contributed by atoms with Crippen molar-refractivity contribution >= 4 is 29.9 Å². The molecule has 0 aliphatic carbocycles. The number of nitrogens with one attached hydrogen (secondary N) is 2. The van der Waals surface area contributed by atoms with Crippen LogP contribution < -0.4 is 10.6 Å². The van der Waals surface area contributed by atoms with Crippen LogP contribution in [0.5, 0.6) is 0 Å². The number of guanidine groups is 1. The van der Waals surface area contributed by atoms with Gasteiger partial charge in [-0.25, -0.2) is 4.99 Å². The van der Waals surface area contributed by atoms with Gasteiger partial charge in [0, 0.05) is 38.8 Å². The van der Waals surface area contributed by atoms with E-state index < -0.39 is 0 Å². The van der Waals surface area contributed by atoms with Gasteiger partial charge in [-0.2, -0.15) is 0 Å². The van der Waals surface area contributed by atoms with Gasteiger partial charge in [0.2, 0.25) is 0 Å². The molecule has 0 unspecified atom stereocenters. The highest BCUT2D eigenvalue weighted by Crippen LogP contribution is 2.16. The number of aromatic nitrogens is 1. The second-order valence-corrected chi connectivity index (χ2v) is 5.41. The molecular weight excluding hydrogens is 419 g/mol. The van der Waals surface area contributed by atoms with Crippen molar-refractivity contribution in [1.82, 2.24) is 15.8 Å². The Kier molecular flexibility index (Phi) is 14.0. The number of rotatable bonds is 11. The van der Waals surface area contributed by atoms with Crippen LogP contribution in [0.1, 0.15) is 57.1 Å². The van der Waals surface area contributed by atoms with Crippen LogP contribution in [0.3, 0.4) is 0 Å². The summed E-state index contributed by atoms with van der Waals surface area (Å²) in [4.78, 5) is 4.68. The topological polar surface area (TPSA) is 71.7 Å². The molecule has 6 nitrogen and oxygen atoms in total. The Morgan fingerprint density at radius 3 is 2.54 bits per heavy atom. The van der Waals surface area contributed by atoms with Crippen LogP contribution in [0.4, 0.5) is 0 Å². The third-order valence-corrected chi connectivity index (χ3v) is 3.66. The predicted molar refractivity (Wildman–Crippen MR) is 109 cm³/mol. The van der Waals surface area contributed by atoms with Crippen molar-refractivity contribution in [3.8, 4) is 0 Å². The molecule has 1 aromatic heterocycles. The molecule has 0 bridgehead atoms. The lowest BCUT2D eigenvalue weighted by atomic mass is 10.1. The van der Waals surface area contributed by atoms with Gasteiger partial charge in [0.05, 0.1) is 12.2 Å². The van der Waals surface area contributed by atoms with Crippen molar-refractivity contribution < 1.29 is 9.26 Å². The SMILES string of the molecule is CCNC(=NCc1c(CC)noc1CC)NCCCCCOC.I. The van der Waals surface area contributed by atoms with E-state index >= 15 is 0 Å². The highest BCUT2D eigenvalue weighted by molar-refractivity contribution is 14.0. The molecule has 0 amide bonds. The first-order valence-electron chi connectivity index (χ1n) is 8.74. The van der Waals surface area contributed by atoms with E-state index in [0.29, 0.717) is 6.54 Å². The van der Waals surface area contributed by atoms with Gasteiger partial charge in [-0.1, -0.05) is 19.0 Å². The summed E-state index contributed by atoms with van der Waals surface area (Å²) in [6, 6.07) is 0. The number of hydrogen-bond acceptors (Lipinski definition) is 4. The van der Waals surface area contributed by atoms with Crippen LogP contribution in [-0.4, -0.2) is 37.9 Å². The molecule has 0 atom stereocenters. The van der Waals surface area contributed by atoms with E-state index in [1.807, 2.05) is 0 Å². The molecule has 7 heteroatoms. The molecule has 1 rings (SSSR count). The average molecular weight is 452 g/mol. The minimum Gasteiger partial charge on any atom is -0.385 e. The Morgan fingerprint density at radius 1 is 1.12 bits per heavy atom. The Balaban J connectivity index is 0.00000529. The van der Waals surface area contributed by atoms with E-state index in [1.165, 1.54) is 0 Å². The quantitative estimate of drug-likeness (QED) is 0.233. The molecule has 0 fully saturated rings. The van der Waals surface area contributed by atoms with Crippen molar-refractivity contribution in [1.29, 1.82) is 0 Å². The van der Waals surface area contributed by atoms with Crippen LogP contribution in [-0.2, 0) is 24.1 Å². The third kappa shape index (κ3) is 8.32.